The molecule has 0 aliphatic carbocycles. The summed E-state index contributed by atoms with van der Waals surface area (Å²) >= 11 is 0. The van der Waals surface area contributed by atoms with Gasteiger partial charge < -0.3 is 10.4 Å². The van der Waals surface area contributed by atoms with Crippen LogP contribution < -0.4 is 5.32 Å². The van der Waals surface area contributed by atoms with Crippen molar-refractivity contribution >= 4 is 11.9 Å². The van der Waals surface area contributed by atoms with E-state index in [1.165, 1.54) is 0 Å². The molecule has 3 N–H and O–H groups in total. The molecule has 1 aromatic rings. The second-order valence-corrected chi connectivity index (χ2v) is 6.34. The molecule has 20 heavy (non-hydrogen) atoms. The molecular weight excluding hydrogens is 258 g/mol. The Morgan fingerprint density at radius 3 is 2.35 bits per heavy atom. The molecule has 1 atom stereocenters. The van der Waals surface area contributed by atoms with Gasteiger partial charge in [-0.2, -0.15) is 5.10 Å². The van der Waals surface area contributed by atoms with Gasteiger partial charge in [0.25, 0.3) is 5.91 Å². The number of aryl methyl sites for hydroxylation is 2. The molecule has 0 aliphatic rings. The Kier molecular flexibility index (Phi) is 4.92. The quantitative estimate of drug-likeness (QED) is 0.769. The fraction of sp³-hybridized carbons (Fsp3) is 0.643. The van der Waals surface area contributed by atoms with Crippen LogP contribution in [0.4, 0.5) is 0 Å². The second kappa shape index (κ2) is 6.07. The van der Waals surface area contributed by atoms with Crippen LogP contribution in [0.3, 0.4) is 0 Å². The molecule has 6 heteroatoms. The van der Waals surface area contributed by atoms with E-state index in [2.05, 4.69) is 15.5 Å². The molecule has 0 bridgehead atoms. The van der Waals surface area contributed by atoms with E-state index in [-0.39, 0.29) is 17.7 Å². The molecule has 0 saturated carbocycles. The number of carboxylic acid groups (broad SMARTS) is 1. The Balaban J connectivity index is 2.84. The van der Waals surface area contributed by atoms with Crippen LogP contribution in [0.1, 0.15) is 55.4 Å². The Morgan fingerprint density at radius 1 is 1.35 bits per heavy atom. The molecule has 1 rings (SSSR count). The smallest absolute Gasteiger partial charge is 0.305 e. The molecule has 1 unspecified atom stereocenters. The summed E-state index contributed by atoms with van der Waals surface area (Å²) in [5.41, 5.74) is 1.73. The Labute approximate surface area is 119 Å². The Morgan fingerprint density at radius 2 is 1.95 bits per heavy atom. The molecule has 0 radical (unpaired) electrons. The molecule has 0 spiro atoms. The fourth-order valence-electron chi connectivity index (χ4n) is 2.27. The minimum atomic E-state index is -0.916. The standard InChI is InChI=1S/C14H23N3O3/c1-8-12(9(2)17-16-8)13(20)15-10(6-11(18)19)7-14(3,4)5/h10H,6-7H2,1-5H3,(H,15,20)(H,16,17)(H,18,19). The van der Waals surface area contributed by atoms with E-state index in [0.29, 0.717) is 23.4 Å². The summed E-state index contributed by atoms with van der Waals surface area (Å²) in [6, 6.07) is -0.395. The Bertz CT molecular complexity index is 481. The van der Waals surface area contributed by atoms with Crippen molar-refractivity contribution in [1.29, 1.82) is 0 Å². The zero-order chi connectivity index (χ0) is 15.5. The first-order valence-corrected chi connectivity index (χ1v) is 6.64. The van der Waals surface area contributed by atoms with Crippen LogP contribution in [0, 0.1) is 19.3 Å². The van der Waals surface area contributed by atoms with Crippen LogP contribution in [0.15, 0.2) is 0 Å². The number of H-pyrrole nitrogens is 1. The summed E-state index contributed by atoms with van der Waals surface area (Å²) in [6.45, 7) is 9.56. The van der Waals surface area contributed by atoms with Crippen molar-refractivity contribution < 1.29 is 14.7 Å². The summed E-state index contributed by atoms with van der Waals surface area (Å²) in [5.74, 6) is -1.19. The van der Waals surface area contributed by atoms with Gasteiger partial charge in [-0.05, 0) is 25.7 Å². The number of hydrogen-bond acceptors (Lipinski definition) is 3. The van der Waals surface area contributed by atoms with Crippen LogP contribution >= 0.6 is 0 Å². The fourth-order valence-corrected chi connectivity index (χ4v) is 2.27. The lowest BCUT2D eigenvalue weighted by molar-refractivity contribution is -0.137. The summed E-state index contributed by atoms with van der Waals surface area (Å²) in [5, 5.41) is 18.5. The van der Waals surface area contributed by atoms with Gasteiger partial charge in [0.2, 0.25) is 0 Å². The number of nitrogens with zero attached hydrogens (tertiary/aromatic N) is 1. The molecular formula is C14H23N3O3. The number of rotatable bonds is 5. The lowest BCUT2D eigenvalue weighted by Gasteiger charge is -2.25. The minimum Gasteiger partial charge on any atom is -0.481 e. The number of aliphatic carboxylic acids is 1. The average molecular weight is 281 g/mol. The summed E-state index contributed by atoms with van der Waals surface area (Å²) < 4.78 is 0. The lowest BCUT2D eigenvalue weighted by Crippen LogP contribution is -2.39. The van der Waals surface area contributed by atoms with Gasteiger partial charge in [-0.3, -0.25) is 14.7 Å². The molecule has 0 aliphatic heterocycles. The maximum atomic E-state index is 12.3. The van der Waals surface area contributed by atoms with Crippen molar-refractivity contribution in [1.82, 2.24) is 15.5 Å². The maximum absolute atomic E-state index is 12.3. The van der Waals surface area contributed by atoms with E-state index < -0.39 is 12.0 Å². The SMILES string of the molecule is Cc1n[nH]c(C)c1C(=O)NC(CC(=O)O)CC(C)(C)C. The van der Waals surface area contributed by atoms with Crippen molar-refractivity contribution in [2.75, 3.05) is 0 Å². The van der Waals surface area contributed by atoms with Gasteiger partial charge in [0, 0.05) is 11.7 Å². The third kappa shape index (κ3) is 4.68. The highest BCUT2D eigenvalue weighted by Gasteiger charge is 2.25. The van der Waals surface area contributed by atoms with Crippen LogP contribution in [0.5, 0.6) is 0 Å². The summed E-state index contributed by atoms with van der Waals surface area (Å²) in [7, 11) is 0. The molecule has 1 amide bonds. The number of carbonyl (C=O) groups is 2. The zero-order valence-electron chi connectivity index (χ0n) is 12.7. The van der Waals surface area contributed by atoms with Crippen molar-refractivity contribution in [2.45, 2.75) is 53.5 Å². The third-order valence-electron chi connectivity index (χ3n) is 2.97. The number of carbonyl (C=O) groups excluding carboxylic acids is 1. The number of hydrogen-bond donors (Lipinski definition) is 3. The molecule has 0 fully saturated rings. The predicted molar refractivity (Wildman–Crippen MR) is 75.6 cm³/mol. The van der Waals surface area contributed by atoms with E-state index in [1.807, 2.05) is 20.8 Å². The predicted octanol–water partition coefficient (Wildman–Crippen LogP) is 2.04. The van der Waals surface area contributed by atoms with Gasteiger partial charge >= 0.3 is 5.97 Å². The highest BCUT2D eigenvalue weighted by Crippen LogP contribution is 2.22. The first kappa shape index (κ1) is 16.2. The maximum Gasteiger partial charge on any atom is 0.305 e. The van der Waals surface area contributed by atoms with Crippen LogP contribution in [0.25, 0.3) is 0 Å². The third-order valence-corrected chi connectivity index (χ3v) is 2.97. The van der Waals surface area contributed by atoms with Gasteiger partial charge in [0.1, 0.15) is 0 Å². The van der Waals surface area contributed by atoms with Gasteiger partial charge in [-0.15, -0.1) is 0 Å². The van der Waals surface area contributed by atoms with E-state index in [4.69, 9.17) is 5.11 Å². The van der Waals surface area contributed by atoms with Gasteiger partial charge in [0.15, 0.2) is 0 Å². The van der Waals surface area contributed by atoms with Gasteiger partial charge in [-0.25, -0.2) is 0 Å². The second-order valence-electron chi connectivity index (χ2n) is 6.34. The largest absolute Gasteiger partial charge is 0.481 e. The number of carboxylic acids is 1. The highest BCUT2D eigenvalue weighted by atomic mass is 16.4. The number of aromatic amines is 1. The lowest BCUT2D eigenvalue weighted by atomic mass is 9.87. The van der Waals surface area contributed by atoms with Crippen LogP contribution in [0.2, 0.25) is 0 Å². The zero-order valence-corrected chi connectivity index (χ0v) is 12.7. The van der Waals surface area contributed by atoms with E-state index in [1.54, 1.807) is 13.8 Å². The molecule has 1 aromatic heterocycles. The molecule has 1 heterocycles. The first-order valence-electron chi connectivity index (χ1n) is 6.64. The topological polar surface area (TPSA) is 95.1 Å². The molecule has 112 valence electrons. The number of amides is 1. The molecule has 6 nitrogen and oxygen atoms in total. The van der Waals surface area contributed by atoms with Gasteiger partial charge in [0.05, 0.1) is 17.7 Å². The Hall–Kier alpha value is -1.85. The van der Waals surface area contributed by atoms with Crippen LogP contribution in [-0.2, 0) is 4.79 Å². The summed E-state index contributed by atoms with van der Waals surface area (Å²) in [4.78, 5) is 23.2. The molecule has 0 saturated heterocycles. The average Bonchev–Trinajstić information content (AvgIpc) is 2.54. The number of nitrogens with one attached hydrogen (secondary N) is 2. The van der Waals surface area contributed by atoms with Crippen LogP contribution in [-0.4, -0.2) is 33.2 Å². The van der Waals surface area contributed by atoms with Crippen molar-refractivity contribution in [3.63, 3.8) is 0 Å². The van der Waals surface area contributed by atoms with Crippen molar-refractivity contribution in [2.24, 2.45) is 5.41 Å². The molecule has 0 aromatic carbocycles. The van der Waals surface area contributed by atoms with Crippen molar-refractivity contribution in [3.05, 3.63) is 17.0 Å². The highest BCUT2D eigenvalue weighted by molar-refractivity contribution is 5.96. The minimum absolute atomic E-state index is 0.0616. The number of aromatic nitrogens is 2. The van der Waals surface area contributed by atoms with E-state index in [0.717, 1.165) is 0 Å². The summed E-state index contributed by atoms with van der Waals surface area (Å²) in [6.07, 6.45) is 0.514. The van der Waals surface area contributed by atoms with E-state index in [9.17, 15) is 9.59 Å². The first-order chi connectivity index (χ1) is 9.10. The normalized spacial score (nSPS) is 13.1. The van der Waals surface area contributed by atoms with Crippen molar-refractivity contribution in [3.8, 4) is 0 Å². The van der Waals surface area contributed by atoms with E-state index >= 15 is 0 Å². The van der Waals surface area contributed by atoms with Gasteiger partial charge in [-0.1, -0.05) is 20.8 Å². The monoisotopic (exact) mass is 281 g/mol.